The Morgan fingerprint density at radius 1 is 0.963 bits per heavy atom. The molecule has 3 aromatic rings. The predicted octanol–water partition coefficient (Wildman–Crippen LogP) is 2.58. The van der Waals surface area contributed by atoms with Crippen LogP contribution in [0.3, 0.4) is 0 Å². The number of hydrogen-bond donors (Lipinski definition) is 1. The summed E-state index contributed by atoms with van der Waals surface area (Å²) >= 11 is 0. The van der Waals surface area contributed by atoms with Crippen LogP contribution in [0.15, 0.2) is 77.7 Å². The summed E-state index contributed by atoms with van der Waals surface area (Å²) in [5, 5.41) is 11.0. The maximum absolute atomic E-state index is 13.5. The average Bonchev–Trinajstić information content (AvgIpc) is 2.64. The number of aromatic carboxylic acids is 1. The Bertz CT molecular complexity index is 1080. The Labute approximate surface area is 156 Å². The summed E-state index contributed by atoms with van der Waals surface area (Å²) in [6.45, 7) is 0. The summed E-state index contributed by atoms with van der Waals surface area (Å²) < 4.78 is 41.2. The van der Waals surface area contributed by atoms with E-state index < -0.39 is 27.4 Å². The van der Waals surface area contributed by atoms with Crippen molar-refractivity contribution >= 4 is 21.7 Å². The largest absolute Gasteiger partial charge is 0.545 e. The number of sulfonamides is 1. The van der Waals surface area contributed by atoms with Crippen LogP contribution in [-0.2, 0) is 16.4 Å². The molecule has 27 heavy (non-hydrogen) atoms. The molecule has 1 N–H and O–H groups in total. The molecule has 138 valence electrons. The van der Waals surface area contributed by atoms with E-state index in [0.717, 1.165) is 29.3 Å². The summed E-state index contributed by atoms with van der Waals surface area (Å²) in [5.41, 5.74) is 1.30. The van der Waals surface area contributed by atoms with E-state index in [2.05, 4.69) is 4.72 Å². The van der Waals surface area contributed by atoms with Gasteiger partial charge >= 0.3 is 0 Å². The minimum atomic E-state index is -4.11. The first-order valence-electron chi connectivity index (χ1n) is 8.02. The number of rotatable bonds is 6. The Balaban J connectivity index is 1.93. The fourth-order valence-electron chi connectivity index (χ4n) is 2.62. The van der Waals surface area contributed by atoms with Crippen LogP contribution in [0.1, 0.15) is 21.5 Å². The lowest BCUT2D eigenvalue weighted by molar-refractivity contribution is -0.255. The quantitative estimate of drug-likeness (QED) is 0.708. The van der Waals surface area contributed by atoms with Crippen molar-refractivity contribution in [1.82, 2.24) is 0 Å². The van der Waals surface area contributed by atoms with Gasteiger partial charge in [-0.3, -0.25) is 4.72 Å². The molecule has 0 saturated heterocycles. The Hall–Kier alpha value is -3.19. The normalized spacial score (nSPS) is 11.1. The molecule has 0 radical (unpaired) electrons. The van der Waals surface area contributed by atoms with Gasteiger partial charge in [0, 0.05) is 5.56 Å². The third kappa shape index (κ3) is 4.32. The fraction of sp³-hybridized carbons (Fsp3) is 0.0500. The summed E-state index contributed by atoms with van der Waals surface area (Å²) in [6.07, 6.45) is 0.507. The first kappa shape index (κ1) is 18.6. The lowest BCUT2D eigenvalue weighted by Crippen LogP contribution is -2.24. The third-order valence-corrected chi connectivity index (χ3v) is 5.33. The van der Waals surface area contributed by atoms with Crippen molar-refractivity contribution in [2.45, 2.75) is 11.3 Å². The Morgan fingerprint density at radius 2 is 1.63 bits per heavy atom. The number of nitrogens with one attached hydrogen (secondary N) is 1. The minimum absolute atomic E-state index is 0.362. The maximum atomic E-state index is 13.5. The number of benzene rings is 3. The van der Waals surface area contributed by atoms with E-state index >= 15 is 0 Å². The second-order valence-corrected chi connectivity index (χ2v) is 7.54. The second kappa shape index (κ2) is 7.59. The lowest BCUT2D eigenvalue weighted by atomic mass is 10.0. The van der Waals surface area contributed by atoms with Crippen LogP contribution in [0.25, 0.3) is 0 Å². The zero-order chi connectivity index (χ0) is 19.4. The molecule has 3 rings (SSSR count). The van der Waals surface area contributed by atoms with E-state index in [1.165, 1.54) is 0 Å². The minimum Gasteiger partial charge on any atom is -0.545 e. The van der Waals surface area contributed by atoms with Crippen LogP contribution < -0.4 is 9.83 Å². The first-order valence-corrected chi connectivity index (χ1v) is 9.51. The van der Waals surface area contributed by atoms with Crippen LogP contribution in [0, 0.1) is 5.82 Å². The van der Waals surface area contributed by atoms with Gasteiger partial charge in [0.15, 0.2) is 0 Å². The maximum Gasteiger partial charge on any atom is 0.261 e. The summed E-state index contributed by atoms with van der Waals surface area (Å²) in [4.78, 5) is 10.6. The molecule has 0 aromatic heterocycles. The molecule has 7 heteroatoms. The van der Waals surface area contributed by atoms with E-state index in [1.54, 1.807) is 24.3 Å². The average molecular weight is 384 g/mol. The number of carbonyl (C=O) groups is 1. The molecule has 0 aliphatic rings. The molecular formula is C20H15FNO4S-. The van der Waals surface area contributed by atoms with E-state index in [9.17, 15) is 22.7 Å². The van der Waals surface area contributed by atoms with Gasteiger partial charge in [0.25, 0.3) is 10.0 Å². The molecule has 0 bridgehead atoms. The van der Waals surface area contributed by atoms with Crippen molar-refractivity contribution in [3.63, 3.8) is 0 Å². The van der Waals surface area contributed by atoms with Crippen LogP contribution in [0.4, 0.5) is 10.1 Å². The fourth-order valence-corrected chi connectivity index (χ4v) is 3.75. The van der Waals surface area contributed by atoms with E-state index in [0.29, 0.717) is 12.1 Å². The highest BCUT2D eigenvalue weighted by atomic mass is 32.2. The van der Waals surface area contributed by atoms with E-state index in [1.807, 2.05) is 30.3 Å². The Kier molecular flexibility index (Phi) is 5.23. The molecular weight excluding hydrogens is 369 g/mol. The number of hydrogen-bond acceptors (Lipinski definition) is 4. The van der Waals surface area contributed by atoms with Crippen molar-refractivity contribution in [3.8, 4) is 0 Å². The number of carboxylic acid groups (broad SMARTS) is 1. The number of halogens is 1. The highest BCUT2D eigenvalue weighted by Crippen LogP contribution is 2.23. The van der Waals surface area contributed by atoms with E-state index in [-0.39, 0.29) is 4.90 Å². The topological polar surface area (TPSA) is 86.3 Å². The van der Waals surface area contributed by atoms with Gasteiger partial charge in [-0.2, -0.15) is 0 Å². The second-order valence-electron chi connectivity index (χ2n) is 5.85. The van der Waals surface area contributed by atoms with Crippen molar-refractivity contribution < 1.29 is 22.7 Å². The molecule has 5 nitrogen and oxygen atoms in total. The van der Waals surface area contributed by atoms with Crippen LogP contribution in [0.5, 0.6) is 0 Å². The summed E-state index contributed by atoms with van der Waals surface area (Å²) in [6, 6.07) is 18.9. The molecule has 0 amide bonds. The molecule has 0 aliphatic heterocycles. The van der Waals surface area contributed by atoms with Crippen molar-refractivity contribution in [2.24, 2.45) is 0 Å². The smallest absolute Gasteiger partial charge is 0.261 e. The lowest BCUT2D eigenvalue weighted by Gasteiger charge is -2.14. The molecule has 0 spiro atoms. The van der Waals surface area contributed by atoms with Crippen molar-refractivity contribution in [1.29, 1.82) is 0 Å². The molecule has 0 atom stereocenters. The van der Waals surface area contributed by atoms with Gasteiger partial charge in [0.05, 0.1) is 16.6 Å². The number of para-hydroxylation sites is 1. The third-order valence-electron chi connectivity index (χ3n) is 3.97. The molecule has 0 unspecified atom stereocenters. The van der Waals surface area contributed by atoms with Gasteiger partial charge in [-0.05, 0) is 41.8 Å². The Morgan fingerprint density at radius 3 is 2.33 bits per heavy atom. The number of carbonyl (C=O) groups excluding carboxylic acids is 1. The molecule has 0 aliphatic carbocycles. The van der Waals surface area contributed by atoms with Gasteiger partial charge in [-0.25, -0.2) is 12.8 Å². The summed E-state index contributed by atoms with van der Waals surface area (Å²) in [5.74, 6) is -2.84. The summed E-state index contributed by atoms with van der Waals surface area (Å²) in [7, 11) is -4.11. The van der Waals surface area contributed by atoms with Crippen molar-refractivity contribution in [3.05, 3.63) is 95.3 Å². The van der Waals surface area contributed by atoms with Crippen LogP contribution >= 0.6 is 0 Å². The van der Waals surface area contributed by atoms with Gasteiger partial charge in [-0.1, -0.05) is 48.5 Å². The van der Waals surface area contributed by atoms with Crippen LogP contribution in [-0.4, -0.2) is 14.4 Å². The molecule has 0 saturated carbocycles. The van der Waals surface area contributed by atoms with Crippen LogP contribution in [0.2, 0.25) is 0 Å². The monoisotopic (exact) mass is 384 g/mol. The SMILES string of the molecule is O=C([O-])c1cc(S(=O)(=O)Nc2ccccc2Cc2ccccc2)ccc1F. The highest BCUT2D eigenvalue weighted by molar-refractivity contribution is 7.92. The zero-order valence-electron chi connectivity index (χ0n) is 14.1. The van der Waals surface area contributed by atoms with E-state index in [4.69, 9.17) is 0 Å². The predicted molar refractivity (Wildman–Crippen MR) is 97.2 cm³/mol. The highest BCUT2D eigenvalue weighted by Gasteiger charge is 2.18. The molecule has 0 fully saturated rings. The molecule has 0 heterocycles. The van der Waals surface area contributed by atoms with Crippen molar-refractivity contribution in [2.75, 3.05) is 4.72 Å². The first-order chi connectivity index (χ1) is 12.9. The molecule has 3 aromatic carbocycles. The van der Waals surface area contributed by atoms with Gasteiger partial charge in [0.1, 0.15) is 5.82 Å². The number of anilines is 1. The number of carboxylic acids is 1. The zero-order valence-corrected chi connectivity index (χ0v) is 14.9. The van der Waals surface area contributed by atoms with Gasteiger partial charge in [0.2, 0.25) is 0 Å². The van der Waals surface area contributed by atoms with Gasteiger partial charge in [-0.15, -0.1) is 0 Å². The standard InChI is InChI=1S/C20H16FNO4S/c21-18-11-10-16(13-17(18)20(23)24)27(25,26)22-19-9-5-4-8-15(19)12-14-6-2-1-3-7-14/h1-11,13,22H,12H2,(H,23,24)/p-1. The van der Waals surface area contributed by atoms with Gasteiger partial charge < -0.3 is 9.90 Å².